The number of carbonyl (C=O) groups excluding carboxylic acids is 2. The van der Waals surface area contributed by atoms with Crippen LogP contribution >= 0.6 is 0 Å². The predicted octanol–water partition coefficient (Wildman–Crippen LogP) is 1.67. The van der Waals surface area contributed by atoms with Crippen LogP contribution in [0.5, 0.6) is 5.75 Å². The summed E-state index contributed by atoms with van der Waals surface area (Å²) in [6.45, 7) is 0.555. The van der Waals surface area contributed by atoms with Crippen LogP contribution in [0.1, 0.15) is 12.0 Å². The Balaban J connectivity index is 1.32. The van der Waals surface area contributed by atoms with E-state index in [1.165, 1.54) is 6.07 Å². The second-order valence-corrected chi connectivity index (χ2v) is 9.15. The largest absolute Gasteiger partial charge is 0.497 e. The van der Waals surface area contributed by atoms with Gasteiger partial charge in [0, 0.05) is 31.3 Å². The second-order valence-electron chi connectivity index (χ2n) is 7.58. The van der Waals surface area contributed by atoms with Gasteiger partial charge in [0.2, 0.25) is 5.91 Å². The van der Waals surface area contributed by atoms with E-state index in [0.717, 1.165) is 0 Å². The van der Waals surface area contributed by atoms with Crippen LogP contribution in [0.15, 0.2) is 57.8 Å². The zero-order valence-electron chi connectivity index (χ0n) is 17.7. The van der Waals surface area contributed by atoms with Crippen molar-refractivity contribution in [2.45, 2.75) is 11.3 Å². The number of esters is 1. The number of rotatable bonds is 6. The number of amides is 1. The highest BCUT2D eigenvalue weighted by Crippen LogP contribution is 2.28. The molecule has 0 bridgehead atoms. The number of sulfonamides is 1. The normalized spacial score (nSPS) is 18.8. The molecule has 2 aliphatic heterocycles. The summed E-state index contributed by atoms with van der Waals surface area (Å²) in [5.41, 5.74) is 1.22. The molecule has 10 heteroatoms. The Morgan fingerprint density at radius 3 is 2.62 bits per heavy atom. The first-order valence-electron chi connectivity index (χ1n) is 10.1. The van der Waals surface area contributed by atoms with E-state index in [0.29, 0.717) is 22.8 Å². The number of benzene rings is 2. The van der Waals surface area contributed by atoms with Gasteiger partial charge in [-0.3, -0.25) is 9.59 Å². The first-order valence-corrected chi connectivity index (χ1v) is 11.5. The third-order valence-corrected chi connectivity index (χ3v) is 6.81. The smallest absolute Gasteiger partial charge is 0.311 e. The van der Waals surface area contributed by atoms with E-state index in [1.807, 2.05) is 0 Å². The summed E-state index contributed by atoms with van der Waals surface area (Å²) >= 11 is 0. The lowest BCUT2D eigenvalue weighted by Crippen LogP contribution is -2.32. The van der Waals surface area contributed by atoms with Gasteiger partial charge in [-0.15, -0.1) is 4.40 Å². The molecule has 2 aromatic carbocycles. The minimum atomic E-state index is -3.71. The molecule has 4 rings (SSSR count). The van der Waals surface area contributed by atoms with Crippen LogP contribution in [0.2, 0.25) is 0 Å². The number of anilines is 1. The molecule has 0 aliphatic carbocycles. The van der Waals surface area contributed by atoms with Gasteiger partial charge >= 0.3 is 5.97 Å². The molecule has 2 aromatic rings. The van der Waals surface area contributed by atoms with E-state index in [-0.39, 0.29) is 36.9 Å². The van der Waals surface area contributed by atoms with Crippen molar-refractivity contribution in [3.05, 3.63) is 54.1 Å². The summed E-state index contributed by atoms with van der Waals surface area (Å²) in [5, 5.41) is 0. The van der Waals surface area contributed by atoms with Crippen LogP contribution in [0, 0.1) is 5.92 Å². The maximum atomic E-state index is 12.5. The number of hydrogen-bond acceptors (Lipinski definition) is 7. The van der Waals surface area contributed by atoms with E-state index in [9.17, 15) is 18.0 Å². The molecule has 2 heterocycles. The fourth-order valence-electron chi connectivity index (χ4n) is 3.75. The van der Waals surface area contributed by atoms with E-state index in [4.69, 9.17) is 9.47 Å². The first kappa shape index (κ1) is 21.8. The summed E-state index contributed by atoms with van der Waals surface area (Å²) in [4.78, 5) is 28.3. The zero-order valence-corrected chi connectivity index (χ0v) is 18.5. The van der Waals surface area contributed by atoms with Gasteiger partial charge in [-0.1, -0.05) is 12.1 Å². The monoisotopic (exact) mass is 457 g/mol. The SMILES string of the molecule is COc1ccc(N2C[C@H](C(=O)OCCN(C)C3=NS(=O)(=O)c4ccccc43)CC2=O)cc1. The zero-order chi connectivity index (χ0) is 22.9. The number of carbonyl (C=O) groups is 2. The first-order chi connectivity index (χ1) is 15.3. The van der Waals surface area contributed by atoms with Crippen molar-refractivity contribution in [1.29, 1.82) is 0 Å². The highest BCUT2D eigenvalue weighted by atomic mass is 32.2. The average molecular weight is 458 g/mol. The van der Waals surface area contributed by atoms with Crippen LogP contribution in [0.25, 0.3) is 0 Å². The Bertz CT molecular complexity index is 1180. The molecule has 9 nitrogen and oxygen atoms in total. The van der Waals surface area contributed by atoms with Crippen LogP contribution in [0.4, 0.5) is 5.69 Å². The number of likely N-dealkylation sites (N-methyl/N-ethyl adjacent to an activating group) is 1. The van der Waals surface area contributed by atoms with Gasteiger partial charge in [-0.05, 0) is 36.4 Å². The van der Waals surface area contributed by atoms with Crippen LogP contribution < -0.4 is 9.64 Å². The fourth-order valence-corrected chi connectivity index (χ4v) is 5.00. The molecule has 1 fully saturated rings. The van der Waals surface area contributed by atoms with Crippen molar-refractivity contribution in [1.82, 2.24) is 4.90 Å². The molecule has 0 radical (unpaired) electrons. The topological polar surface area (TPSA) is 106 Å². The van der Waals surface area contributed by atoms with E-state index in [1.54, 1.807) is 66.4 Å². The van der Waals surface area contributed by atoms with Gasteiger partial charge < -0.3 is 19.3 Å². The molecule has 0 N–H and O–H groups in total. The van der Waals surface area contributed by atoms with Gasteiger partial charge in [-0.25, -0.2) is 0 Å². The molecular weight excluding hydrogens is 434 g/mol. The highest BCUT2D eigenvalue weighted by molar-refractivity contribution is 7.90. The summed E-state index contributed by atoms with van der Waals surface area (Å²) < 4.78 is 38.7. The van der Waals surface area contributed by atoms with E-state index in [2.05, 4.69) is 4.40 Å². The number of hydrogen-bond donors (Lipinski definition) is 0. The Morgan fingerprint density at radius 2 is 1.91 bits per heavy atom. The second kappa shape index (κ2) is 8.62. The number of amidine groups is 1. The van der Waals surface area contributed by atoms with Crippen molar-refractivity contribution in [3.63, 3.8) is 0 Å². The molecule has 1 atom stereocenters. The molecule has 0 saturated carbocycles. The average Bonchev–Trinajstić information content (AvgIpc) is 3.31. The molecule has 32 heavy (non-hydrogen) atoms. The summed E-state index contributed by atoms with van der Waals surface area (Å²) in [6.07, 6.45) is 0.0824. The summed E-state index contributed by atoms with van der Waals surface area (Å²) in [5.74, 6) is -0.151. The maximum absolute atomic E-state index is 12.5. The highest BCUT2D eigenvalue weighted by Gasteiger charge is 2.36. The molecule has 2 aliphatic rings. The third-order valence-electron chi connectivity index (χ3n) is 5.49. The minimum Gasteiger partial charge on any atom is -0.497 e. The summed E-state index contributed by atoms with van der Waals surface area (Å²) in [7, 11) is -0.454. The summed E-state index contributed by atoms with van der Waals surface area (Å²) in [6, 6.07) is 13.7. The minimum absolute atomic E-state index is 0.0454. The molecule has 0 aromatic heterocycles. The Kier molecular flexibility index (Phi) is 5.88. The van der Waals surface area contributed by atoms with Gasteiger partial charge in [0.25, 0.3) is 10.0 Å². The molecule has 168 valence electrons. The van der Waals surface area contributed by atoms with Crippen molar-refractivity contribution in [2.24, 2.45) is 10.3 Å². The molecule has 1 saturated heterocycles. The van der Waals surface area contributed by atoms with Crippen LogP contribution in [-0.4, -0.2) is 64.9 Å². The molecule has 1 amide bonds. The predicted molar refractivity (Wildman–Crippen MR) is 117 cm³/mol. The number of nitrogens with zero attached hydrogens (tertiary/aromatic N) is 3. The van der Waals surface area contributed by atoms with E-state index >= 15 is 0 Å². The molecule has 0 unspecified atom stereocenters. The van der Waals surface area contributed by atoms with Crippen molar-refractivity contribution < 1.29 is 27.5 Å². The third kappa shape index (κ3) is 4.18. The van der Waals surface area contributed by atoms with Gasteiger partial charge in [0.1, 0.15) is 17.3 Å². The van der Waals surface area contributed by atoms with Crippen molar-refractivity contribution in [3.8, 4) is 5.75 Å². The Morgan fingerprint density at radius 1 is 1.19 bits per heavy atom. The number of ether oxygens (including phenoxy) is 2. The van der Waals surface area contributed by atoms with E-state index < -0.39 is 21.9 Å². The van der Waals surface area contributed by atoms with Crippen molar-refractivity contribution in [2.75, 3.05) is 38.8 Å². The Hall–Kier alpha value is -3.40. The quantitative estimate of drug-likeness (QED) is 0.608. The lowest BCUT2D eigenvalue weighted by Gasteiger charge is -2.19. The molecule has 0 spiro atoms. The Labute approximate surface area is 186 Å². The van der Waals surface area contributed by atoms with Crippen molar-refractivity contribution >= 4 is 33.4 Å². The van der Waals surface area contributed by atoms with Crippen LogP contribution in [0.3, 0.4) is 0 Å². The van der Waals surface area contributed by atoms with Crippen LogP contribution in [-0.2, 0) is 24.3 Å². The van der Waals surface area contributed by atoms with Gasteiger partial charge in [-0.2, -0.15) is 8.42 Å². The van der Waals surface area contributed by atoms with Gasteiger partial charge in [0.15, 0.2) is 5.84 Å². The lowest BCUT2D eigenvalue weighted by molar-refractivity contribution is -0.148. The molecular formula is C22H23N3O6S. The maximum Gasteiger partial charge on any atom is 0.311 e. The lowest BCUT2D eigenvalue weighted by atomic mass is 10.1. The van der Waals surface area contributed by atoms with Gasteiger partial charge in [0.05, 0.1) is 19.6 Å². The standard InChI is InChI=1S/C22H23N3O6S/c1-24(21-18-5-3-4-6-19(18)32(28,29)23-21)11-12-31-22(27)15-13-20(26)25(14-15)16-7-9-17(30-2)10-8-16/h3-10,15H,11-14H2,1-2H3/t15-/m1/s1. The number of fused-ring (bicyclic) bond motifs is 1. The fraction of sp³-hybridized carbons (Fsp3) is 0.318. The number of methoxy groups -OCH3 is 1.